The molecule has 1 heterocycles. The molecule has 0 unspecified atom stereocenters. The molecule has 0 saturated heterocycles. The molecule has 98 valence electrons. The van der Waals surface area contributed by atoms with E-state index in [4.69, 9.17) is 0 Å². The maximum absolute atomic E-state index is 9.48. The average Bonchev–Trinajstić information content (AvgIpc) is 2.83. The summed E-state index contributed by atoms with van der Waals surface area (Å²) < 4.78 is 1.99. The Morgan fingerprint density at radius 1 is 1.35 bits per heavy atom. The van der Waals surface area contributed by atoms with Crippen LogP contribution in [0.4, 0.5) is 0 Å². The summed E-state index contributed by atoms with van der Waals surface area (Å²) in [7, 11) is 0. The predicted octanol–water partition coefficient (Wildman–Crippen LogP) is 1.79. The second-order valence-electron chi connectivity index (χ2n) is 4.61. The Morgan fingerprint density at radius 3 is 2.59 bits per heavy atom. The summed E-state index contributed by atoms with van der Waals surface area (Å²) in [5, 5.41) is 17.1. The fourth-order valence-corrected chi connectivity index (χ4v) is 2.03. The molecule has 1 aromatic rings. The third-order valence-corrected chi connectivity index (χ3v) is 3.75. The number of nitrogens with zero attached hydrogens (tertiary/aromatic N) is 2. The summed E-state index contributed by atoms with van der Waals surface area (Å²) in [5.74, 6) is 0. The Bertz CT molecular complexity index is 310. The number of hydrogen-bond donors (Lipinski definition) is 2. The molecule has 0 saturated carbocycles. The first-order valence-corrected chi connectivity index (χ1v) is 6.53. The Labute approximate surface area is 104 Å². The highest BCUT2D eigenvalue weighted by Crippen LogP contribution is 2.24. The lowest BCUT2D eigenvalue weighted by Gasteiger charge is -2.29. The van der Waals surface area contributed by atoms with Crippen molar-refractivity contribution in [2.24, 2.45) is 5.41 Å². The number of aryl methyl sites for hydroxylation is 1. The summed E-state index contributed by atoms with van der Waals surface area (Å²) in [5.41, 5.74) is 1.23. The molecule has 4 heteroatoms. The smallest absolute Gasteiger partial charge is 0.0521 e. The van der Waals surface area contributed by atoms with Crippen molar-refractivity contribution in [3.8, 4) is 0 Å². The second-order valence-corrected chi connectivity index (χ2v) is 4.61. The van der Waals surface area contributed by atoms with E-state index in [-0.39, 0.29) is 12.0 Å². The van der Waals surface area contributed by atoms with Gasteiger partial charge in [0.25, 0.3) is 0 Å². The van der Waals surface area contributed by atoms with Crippen LogP contribution in [0.25, 0.3) is 0 Å². The SMILES string of the molecule is CCn1nccc1CNCC(CC)(CC)CO. The summed E-state index contributed by atoms with van der Waals surface area (Å²) >= 11 is 0. The van der Waals surface area contributed by atoms with Gasteiger partial charge in [-0.25, -0.2) is 0 Å². The predicted molar refractivity (Wildman–Crippen MR) is 69.7 cm³/mol. The number of nitrogens with one attached hydrogen (secondary N) is 1. The third-order valence-electron chi connectivity index (χ3n) is 3.75. The zero-order chi connectivity index (χ0) is 12.7. The summed E-state index contributed by atoms with van der Waals surface area (Å²) in [6.45, 7) is 9.18. The molecule has 17 heavy (non-hydrogen) atoms. The minimum atomic E-state index is 0.0249. The maximum Gasteiger partial charge on any atom is 0.0521 e. The molecule has 0 aliphatic carbocycles. The van der Waals surface area contributed by atoms with Gasteiger partial charge in [-0.1, -0.05) is 13.8 Å². The average molecular weight is 239 g/mol. The van der Waals surface area contributed by atoms with E-state index in [0.717, 1.165) is 32.5 Å². The highest BCUT2D eigenvalue weighted by molar-refractivity contribution is 5.00. The minimum absolute atomic E-state index is 0.0249. The van der Waals surface area contributed by atoms with Crippen molar-refractivity contribution in [3.05, 3.63) is 18.0 Å². The molecule has 0 aliphatic heterocycles. The standard InChI is InChI=1S/C13H25N3O/c1-4-13(5-2,11-17)10-14-9-12-7-8-15-16(12)6-3/h7-8,14,17H,4-6,9-11H2,1-3H3. The fraction of sp³-hybridized carbons (Fsp3) is 0.769. The quantitative estimate of drug-likeness (QED) is 0.727. The van der Waals surface area contributed by atoms with Gasteiger partial charge in [0, 0.05) is 37.9 Å². The van der Waals surface area contributed by atoms with Crippen LogP contribution < -0.4 is 5.32 Å². The lowest BCUT2D eigenvalue weighted by atomic mass is 9.83. The van der Waals surface area contributed by atoms with E-state index < -0.39 is 0 Å². The summed E-state index contributed by atoms with van der Waals surface area (Å²) in [6, 6.07) is 2.04. The first kappa shape index (κ1) is 14.2. The molecule has 1 aromatic heterocycles. The van der Waals surface area contributed by atoms with Crippen LogP contribution in [0.5, 0.6) is 0 Å². The van der Waals surface area contributed by atoms with Crippen LogP contribution in [0.15, 0.2) is 12.3 Å². The van der Waals surface area contributed by atoms with Crippen molar-refractivity contribution in [3.63, 3.8) is 0 Å². The Hall–Kier alpha value is -0.870. The Kier molecular flexibility index (Phi) is 5.65. The molecular formula is C13H25N3O. The zero-order valence-electron chi connectivity index (χ0n) is 11.2. The molecule has 0 fully saturated rings. The van der Waals surface area contributed by atoms with Crippen LogP contribution in [0.1, 0.15) is 39.3 Å². The summed E-state index contributed by atoms with van der Waals surface area (Å²) in [6.07, 6.45) is 3.83. The topological polar surface area (TPSA) is 50.1 Å². The van der Waals surface area contributed by atoms with E-state index in [1.54, 1.807) is 0 Å². The Morgan fingerprint density at radius 2 is 2.06 bits per heavy atom. The van der Waals surface area contributed by atoms with Gasteiger partial charge in [0.2, 0.25) is 0 Å². The number of aliphatic hydroxyl groups excluding tert-OH is 1. The van der Waals surface area contributed by atoms with Gasteiger partial charge in [0.05, 0.1) is 5.69 Å². The number of aromatic nitrogens is 2. The zero-order valence-corrected chi connectivity index (χ0v) is 11.2. The van der Waals surface area contributed by atoms with Crippen molar-refractivity contribution < 1.29 is 5.11 Å². The molecule has 0 aromatic carbocycles. The lowest BCUT2D eigenvalue weighted by Crippen LogP contribution is -2.36. The molecule has 0 radical (unpaired) electrons. The molecule has 2 N–H and O–H groups in total. The van der Waals surface area contributed by atoms with Gasteiger partial charge in [-0.05, 0) is 25.8 Å². The minimum Gasteiger partial charge on any atom is -0.396 e. The monoisotopic (exact) mass is 239 g/mol. The normalized spacial score (nSPS) is 12.0. The van der Waals surface area contributed by atoms with Gasteiger partial charge in [-0.15, -0.1) is 0 Å². The Balaban J connectivity index is 2.46. The highest BCUT2D eigenvalue weighted by Gasteiger charge is 2.24. The number of rotatable bonds is 8. The van der Waals surface area contributed by atoms with Gasteiger partial charge < -0.3 is 10.4 Å². The molecule has 0 amide bonds. The van der Waals surface area contributed by atoms with Gasteiger partial charge in [-0.2, -0.15) is 5.10 Å². The molecule has 0 atom stereocenters. The van der Waals surface area contributed by atoms with Crippen molar-refractivity contribution in [2.75, 3.05) is 13.2 Å². The van der Waals surface area contributed by atoms with E-state index in [2.05, 4.69) is 31.2 Å². The van der Waals surface area contributed by atoms with Crippen LogP contribution in [0, 0.1) is 5.41 Å². The number of hydrogen-bond acceptors (Lipinski definition) is 3. The van der Waals surface area contributed by atoms with E-state index >= 15 is 0 Å². The molecule has 1 rings (SSSR count). The van der Waals surface area contributed by atoms with Crippen molar-refractivity contribution >= 4 is 0 Å². The highest BCUT2D eigenvalue weighted by atomic mass is 16.3. The third kappa shape index (κ3) is 3.54. The van der Waals surface area contributed by atoms with Gasteiger partial charge in [0.1, 0.15) is 0 Å². The van der Waals surface area contributed by atoms with Crippen molar-refractivity contribution in [1.82, 2.24) is 15.1 Å². The van der Waals surface area contributed by atoms with Crippen LogP contribution in [-0.2, 0) is 13.1 Å². The molecule has 4 nitrogen and oxygen atoms in total. The van der Waals surface area contributed by atoms with E-state index in [1.807, 2.05) is 16.9 Å². The molecule has 0 bridgehead atoms. The van der Waals surface area contributed by atoms with Crippen LogP contribution in [-0.4, -0.2) is 28.0 Å². The molecule has 0 aliphatic rings. The fourth-order valence-electron chi connectivity index (χ4n) is 2.03. The van der Waals surface area contributed by atoms with Crippen molar-refractivity contribution in [2.45, 2.75) is 46.7 Å². The molecular weight excluding hydrogens is 214 g/mol. The van der Waals surface area contributed by atoms with E-state index in [1.165, 1.54) is 5.69 Å². The van der Waals surface area contributed by atoms with Crippen molar-refractivity contribution in [1.29, 1.82) is 0 Å². The van der Waals surface area contributed by atoms with E-state index in [0.29, 0.717) is 0 Å². The number of aliphatic hydroxyl groups is 1. The van der Waals surface area contributed by atoms with Crippen LogP contribution >= 0.6 is 0 Å². The largest absolute Gasteiger partial charge is 0.396 e. The van der Waals surface area contributed by atoms with Crippen LogP contribution in [0.3, 0.4) is 0 Å². The van der Waals surface area contributed by atoms with Gasteiger partial charge in [-0.3, -0.25) is 4.68 Å². The molecule has 0 spiro atoms. The van der Waals surface area contributed by atoms with Gasteiger partial charge >= 0.3 is 0 Å². The first-order valence-electron chi connectivity index (χ1n) is 6.53. The van der Waals surface area contributed by atoms with Gasteiger partial charge in [0.15, 0.2) is 0 Å². The van der Waals surface area contributed by atoms with Crippen LogP contribution in [0.2, 0.25) is 0 Å². The first-order chi connectivity index (χ1) is 8.21. The van der Waals surface area contributed by atoms with E-state index in [9.17, 15) is 5.11 Å². The second kappa shape index (κ2) is 6.77. The lowest BCUT2D eigenvalue weighted by molar-refractivity contribution is 0.112. The maximum atomic E-state index is 9.48. The summed E-state index contributed by atoms with van der Waals surface area (Å²) in [4.78, 5) is 0.